The highest BCUT2D eigenvalue weighted by atomic mass is 35.5. The molecule has 0 atom stereocenters. The molecule has 0 aliphatic rings. The van der Waals surface area contributed by atoms with Gasteiger partial charge in [-0.2, -0.15) is 0 Å². The van der Waals surface area contributed by atoms with Crippen molar-refractivity contribution in [3.8, 4) is 0 Å². The SMILES string of the molecule is O=[N+]([O-])c1cccc(NCc2ccccc2Cl)c1. The van der Waals surface area contributed by atoms with Gasteiger partial charge in [0.05, 0.1) is 4.92 Å². The summed E-state index contributed by atoms with van der Waals surface area (Å²) in [5.74, 6) is 0. The van der Waals surface area contributed by atoms with Crippen molar-refractivity contribution in [3.05, 3.63) is 69.2 Å². The normalized spacial score (nSPS) is 10.1. The van der Waals surface area contributed by atoms with Crippen LogP contribution in [0.5, 0.6) is 0 Å². The van der Waals surface area contributed by atoms with Crippen LogP contribution in [0.1, 0.15) is 5.56 Å². The minimum absolute atomic E-state index is 0.0687. The Hall–Kier alpha value is -2.07. The smallest absolute Gasteiger partial charge is 0.271 e. The van der Waals surface area contributed by atoms with E-state index in [9.17, 15) is 10.1 Å². The molecule has 4 nitrogen and oxygen atoms in total. The number of hydrogen-bond acceptors (Lipinski definition) is 3. The molecule has 0 bridgehead atoms. The van der Waals surface area contributed by atoms with E-state index in [2.05, 4.69) is 5.32 Å². The molecule has 0 amide bonds. The van der Waals surface area contributed by atoms with Crippen LogP contribution in [0.15, 0.2) is 48.5 Å². The van der Waals surface area contributed by atoms with E-state index < -0.39 is 4.92 Å². The summed E-state index contributed by atoms with van der Waals surface area (Å²) in [5.41, 5.74) is 1.72. The Morgan fingerprint density at radius 1 is 1.17 bits per heavy atom. The largest absolute Gasteiger partial charge is 0.381 e. The van der Waals surface area contributed by atoms with Crippen molar-refractivity contribution in [2.45, 2.75) is 6.54 Å². The summed E-state index contributed by atoms with van der Waals surface area (Å²) in [6.45, 7) is 0.529. The molecule has 0 aromatic heterocycles. The average Bonchev–Trinajstić information content (AvgIpc) is 2.38. The van der Waals surface area contributed by atoms with Crippen molar-refractivity contribution in [3.63, 3.8) is 0 Å². The summed E-state index contributed by atoms with van der Waals surface area (Å²) in [7, 11) is 0. The molecule has 0 spiro atoms. The molecule has 5 heteroatoms. The molecular weight excluding hydrogens is 252 g/mol. The number of nitrogens with zero attached hydrogens (tertiary/aromatic N) is 1. The second-order valence-corrected chi connectivity index (χ2v) is 4.16. The molecule has 2 aromatic rings. The molecule has 2 aromatic carbocycles. The Kier molecular flexibility index (Phi) is 3.79. The number of benzene rings is 2. The van der Waals surface area contributed by atoms with Crippen LogP contribution < -0.4 is 5.32 Å². The molecule has 0 fully saturated rings. The van der Waals surface area contributed by atoms with Crippen LogP contribution in [0.4, 0.5) is 11.4 Å². The molecule has 0 aliphatic carbocycles. The van der Waals surface area contributed by atoms with Gasteiger partial charge in [0.2, 0.25) is 0 Å². The lowest BCUT2D eigenvalue weighted by molar-refractivity contribution is -0.384. The van der Waals surface area contributed by atoms with Crippen LogP contribution in [0.3, 0.4) is 0 Å². The number of hydrogen-bond donors (Lipinski definition) is 1. The van der Waals surface area contributed by atoms with E-state index in [4.69, 9.17) is 11.6 Å². The minimum Gasteiger partial charge on any atom is -0.381 e. The summed E-state index contributed by atoms with van der Waals surface area (Å²) in [4.78, 5) is 10.2. The zero-order valence-electron chi connectivity index (χ0n) is 9.47. The number of non-ortho nitro benzene ring substituents is 1. The number of anilines is 1. The molecule has 0 heterocycles. The van der Waals surface area contributed by atoms with Gasteiger partial charge in [-0.1, -0.05) is 35.9 Å². The van der Waals surface area contributed by atoms with Crippen LogP contribution in [-0.4, -0.2) is 4.92 Å². The average molecular weight is 263 g/mol. The molecule has 0 saturated carbocycles. The molecule has 1 N–H and O–H groups in total. The van der Waals surface area contributed by atoms with E-state index >= 15 is 0 Å². The first kappa shape index (κ1) is 12.4. The predicted molar refractivity (Wildman–Crippen MR) is 71.9 cm³/mol. The van der Waals surface area contributed by atoms with E-state index in [0.717, 1.165) is 5.56 Å². The van der Waals surface area contributed by atoms with Gasteiger partial charge in [-0.15, -0.1) is 0 Å². The van der Waals surface area contributed by atoms with Crippen LogP contribution in [0, 0.1) is 10.1 Å². The van der Waals surface area contributed by atoms with Crippen LogP contribution >= 0.6 is 11.6 Å². The number of halogens is 1. The molecule has 2 rings (SSSR count). The molecule has 18 heavy (non-hydrogen) atoms. The summed E-state index contributed by atoms with van der Waals surface area (Å²) in [6, 6.07) is 13.9. The third kappa shape index (κ3) is 2.99. The van der Waals surface area contributed by atoms with Gasteiger partial charge in [-0.25, -0.2) is 0 Å². The lowest BCUT2D eigenvalue weighted by Crippen LogP contribution is -2.00. The highest BCUT2D eigenvalue weighted by molar-refractivity contribution is 6.31. The van der Waals surface area contributed by atoms with E-state index in [1.54, 1.807) is 12.1 Å². The Labute approximate surface area is 109 Å². The fourth-order valence-corrected chi connectivity index (χ4v) is 1.77. The Balaban J connectivity index is 2.09. The van der Waals surface area contributed by atoms with Gasteiger partial charge in [0.25, 0.3) is 5.69 Å². The fourth-order valence-electron chi connectivity index (χ4n) is 1.57. The first-order valence-electron chi connectivity index (χ1n) is 5.38. The fraction of sp³-hybridized carbons (Fsp3) is 0.0769. The van der Waals surface area contributed by atoms with E-state index in [1.165, 1.54) is 12.1 Å². The van der Waals surface area contributed by atoms with Gasteiger partial charge in [-0.3, -0.25) is 10.1 Å². The zero-order chi connectivity index (χ0) is 13.0. The highest BCUT2D eigenvalue weighted by Gasteiger charge is 2.05. The second-order valence-electron chi connectivity index (χ2n) is 3.75. The lowest BCUT2D eigenvalue weighted by Gasteiger charge is -2.07. The third-order valence-electron chi connectivity index (χ3n) is 2.50. The monoisotopic (exact) mass is 262 g/mol. The van der Waals surface area contributed by atoms with E-state index in [1.807, 2.05) is 24.3 Å². The van der Waals surface area contributed by atoms with Gasteiger partial charge in [0.1, 0.15) is 0 Å². The van der Waals surface area contributed by atoms with Gasteiger partial charge in [0.15, 0.2) is 0 Å². The van der Waals surface area contributed by atoms with Gasteiger partial charge in [-0.05, 0) is 17.7 Å². The Morgan fingerprint density at radius 2 is 1.94 bits per heavy atom. The van der Waals surface area contributed by atoms with Crippen LogP contribution in [0.2, 0.25) is 5.02 Å². The van der Waals surface area contributed by atoms with Gasteiger partial charge >= 0.3 is 0 Å². The van der Waals surface area contributed by atoms with E-state index in [0.29, 0.717) is 17.3 Å². The molecule has 0 unspecified atom stereocenters. The standard InChI is InChI=1S/C13H11ClN2O2/c14-13-7-2-1-4-10(13)9-15-11-5-3-6-12(8-11)16(17)18/h1-8,15H,9H2. The number of nitro groups is 1. The first-order valence-corrected chi connectivity index (χ1v) is 5.76. The molecule has 0 radical (unpaired) electrons. The maximum absolute atomic E-state index is 10.6. The molecule has 92 valence electrons. The lowest BCUT2D eigenvalue weighted by atomic mass is 10.2. The van der Waals surface area contributed by atoms with Crippen molar-refractivity contribution >= 4 is 23.0 Å². The van der Waals surface area contributed by atoms with Gasteiger partial charge < -0.3 is 5.32 Å². The van der Waals surface area contributed by atoms with Crippen molar-refractivity contribution in [2.24, 2.45) is 0 Å². The summed E-state index contributed by atoms with van der Waals surface area (Å²) in [5, 5.41) is 14.4. The quantitative estimate of drug-likeness (QED) is 0.672. The highest BCUT2D eigenvalue weighted by Crippen LogP contribution is 2.20. The van der Waals surface area contributed by atoms with Gasteiger partial charge in [0, 0.05) is 29.4 Å². The molecular formula is C13H11ClN2O2. The Morgan fingerprint density at radius 3 is 2.67 bits per heavy atom. The summed E-state index contributed by atoms with van der Waals surface area (Å²) in [6.07, 6.45) is 0. The maximum Gasteiger partial charge on any atom is 0.271 e. The topological polar surface area (TPSA) is 55.2 Å². The number of nitro benzene ring substituents is 1. The third-order valence-corrected chi connectivity index (χ3v) is 2.87. The summed E-state index contributed by atoms with van der Waals surface area (Å²) >= 11 is 6.02. The second kappa shape index (κ2) is 5.51. The van der Waals surface area contributed by atoms with Crippen molar-refractivity contribution in [2.75, 3.05) is 5.32 Å². The minimum atomic E-state index is -0.416. The van der Waals surface area contributed by atoms with Crippen LogP contribution in [-0.2, 0) is 6.54 Å². The number of nitrogens with one attached hydrogen (secondary N) is 1. The van der Waals surface area contributed by atoms with E-state index in [-0.39, 0.29) is 5.69 Å². The maximum atomic E-state index is 10.6. The number of rotatable bonds is 4. The van der Waals surface area contributed by atoms with Crippen molar-refractivity contribution in [1.82, 2.24) is 0 Å². The molecule has 0 aliphatic heterocycles. The zero-order valence-corrected chi connectivity index (χ0v) is 10.2. The van der Waals surface area contributed by atoms with Crippen molar-refractivity contribution < 1.29 is 4.92 Å². The summed E-state index contributed by atoms with van der Waals surface area (Å²) < 4.78 is 0. The van der Waals surface area contributed by atoms with Crippen LogP contribution in [0.25, 0.3) is 0 Å². The molecule has 0 saturated heterocycles. The van der Waals surface area contributed by atoms with Crippen molar-refractivity contribution in [1.29, 1.82) is 0 Å². The first-order chi connectivity index (χ1) is 8.66. The predicted octanol–water partition coefficient (Wildman–Crippen LogP) is 3.86. The Bertz CT molecular complexity index is 572.